The van der Waals surface area contributed by atoms with Gasteiger partial charge in [0.15, 0.2) is 0 Å². The van der Waals surface area contributed by atoms with Gasteiger partial charge in [0, 0.05) is 34.5 Å². The molecule has 1 aliphatic heterocycles. The van der Waals surface area contributed by atoms with Crippen molar-refractivity contribution in [1.82, 2.24) is 9.55 Å². The maximum Gasteiger partial charge on any atom is 0.342 e. The molecule has 0 fully saturated rings. The Balaban J connectivity index is 2.04. The van der Waals surface area contributed by atoms with E-state index in [1.165, 1.54) is 22.0 Å². The molecule has 0 saturated carbocycles. The van der Waals surface area contributed by atoms with E-state index in [0.717, 1.165) is 49.0 Å². The molecular formula is C29H40N3O+. The number of pyridine rings is 2. The Kier molecular flexibility index (Phi) is 4.56. The molecular weight excluding hydrogens is 406 g/mol. The summed E-state index contributed by atoms with van der Waals surface area (Å²) in [6.07, 6.45) is 8.98. The van der Waals surface area contributed by atoms with Crippen molar-refractivity contribution in [1.29, 1.82) is 0 Å². The second-order valence-electron chi connectivity index (χ2n) is 13.2. The molecule has 4 nitrogen and oxygen atoms in total. The minimum Gasteiger partial charge on any atom is -0.260 e. The van der Waals surface area contributed by atoms with E-state index in [1.807, 2.05) is 0 Å². The molecule has 4 heterocycles. The molecule has 0 saturated heterocycles. The molecule has 0 aromatic carbocycles. The van der Waals surface area contributed by atoms with Crippen LogP contribution in [-0.4, -0.2) is 9.55 Å². The van der Waals surface area contributed by atoms with E-state index in [4.69, 9.17) is 4.98 Å². The normalized spacial score (nSPS) is 20.0. The third-order valence-electron chi connectivity index (χ3n) is 8.44. The summed E-state index contributed by atoms with van der Waals surface area (Å²) >= 11 is 0. The van der Waals surface area contributed by atoms with Crippen molar-refractivity contribution in [3.63, 3.8) is 0 Å². The summed E-state index contributed by atoms with van der Waals surface area (Å²) in [5, 5.41) is 2.45. The Bertz CT molecular complexity index is 1360. The smallest absolute Gasteiger partial charge is 0.260 e. The van der Waals surface area contributed by atoms with Gasteiger partial charge in [-0.1, -0.05) is 62.3 Å². The van der Waals surface area contributed by atoms with Gasteiger partial charge in [-0.3, -0.25) is 4.98 Å². The summed E-state index contributed by atoms with van der Waals surface area (Å²) in [7, 11) is 0. The van der Waals surface area contributed by atoms with Crippen LogP contribution in [0.5, 0.6) is 0 Å². The van der Waals surface area contributed by atoms with Crippen LogP contribution < -0.4 is 9.96 Å². The first-order valence-corrected chi connectivity index (χ1v) is 12.7. The molecule has 0 spiro atoms. The van der Waals surface area contributed by atoms with Gasteiger partial charge in [-0.2, -0.15) is 4.57 Å². The zero-order valence-corrected chi connectivity index (χ0v) is 22.0. The van der Waals surface area contributed by atoms with E-state index in [0.29, 0.717) is 0 Å². The van der Waals surface area contributed by atoms with Crippen molar-refractivity contribution in [3.05, 3.63) is 51.3 Å². The van der Waals surface area contributed by atoms with Crippen LogP contribution in [0.3, 0.4) is 0 Å². The minimum atomic E-state index is -0.214. The molecule has 3 aromatic rings. The molecule has 176 valence electrons. The molecule has 0 bridgehead atoms. The maximum atomic E-state index is 14.5. The SMILES string of the molecule is CCC1(CC)Cc2cnc(CC(C)(C)C)c3cc[n+]4c5c(c(=O)n1c4c23)C(C)(C)CC5(C)C. The third kappa shape index (κ3) is 2.98. The quantitative estimate of drug-likeness (QED) is 0.379. The summed E-state index contributed by atoms with van der Waals surface area (Å²) in [4.78, 5) is 19.4. The van der Waals surface area contributed by atoms with Crippen molar-refractivity contribution in [2.24, 2.45) is 5.41 Å². The van der Waals surface area contributed by atoms with Gasteiger partial charge in [-0.15, -0.1) is 0 Å². The van der Waals surface area contributed by atoms with Crippen molar-refractivity contribution < 1.29 is 4.40 Å². The van der Waals surface area contributed by atoms with Crippen molar-refractivity contribution in [3.8, 4) is 0 Å². The summed E-state index contributed by atoms with van der Waals surface area (Å²) in [6, 6.07) is 2.27. The zero-order chi connectivity index (χ0) is 24.1. The van der Waals surface area contributed by atoms with Crippen LogP contribution >= 0.6 is 0 Å². The highest BCUT2D eigenvalue weighted by Crippen LogP contribution is 2.48. The van der Waals surface area contributed by atoms with E-state index in [1.54, 1.807) is 0 Å². The van der Waals surface area contributed by atoms with Crippen LogP contribution in [0.15, 0.2) is 23.3 Å². The average molecular weight is 447 g/mol. The van der Waals surface area contributed by atoms with Crippen LogP contribution in [0.1, 0.15) is 104 Å². The number of nitrogens with zero attached hydrogens (tertiary/aromatic N) is 3. The fourth-order valence-electron chi connectivity index (χ4n) is 7.24. The first-order valence-electron chi connectivity index (χ1n) is 12.7. The molecule has 0 N–H and O–H groups in total. The van der Waals surface area contributed by atoms with Crippen LogP contribution in [-0.2, 0) is 29.2 Å². The highest BCUT2D eigenvalue weighted by molar-refractivity contribution is 5.97. The Morgan fingerprint density at radius 1 is 1.09 bits per heavy atom. The molecule has 4 heteroatoms. The molecule has 33 heavy (non-hydrogen) atoms. The zero-order valence-electron chi connectivity index (χ0n) is 22.0. The number of fused-ring (bicyclic) bond motifs is 2. The number of hydrogen-bond acceptors (Lipinski definition) is 2. The second-order valence-corrected chi connectivity index (χ2v) is 13.2. The Labute approximate surface area is 198 Å². The molecule has 0 atom stereocenters. The lowest BCUT2D eigenvalue weighted by atomic mass is 9.80. The van der Waals surface area contributed by atoms with E-state index >= 15 is 0 Å². The van der Waals surface area contributed by atoms with Crippen LogP contribution in [0.25, 0.3) is 16.4 Å². The summed E-state index contributed by atoms with van der Waals surface area (Å²) in [5.74, 6) is 0. The second kappa shape index (κ2) is 6.67. The fourth-order valence-corrected chi connectivity index (χ4v) is 7.24. The average Bonchev–Trinajstić information content (AvgIpc) is 2.91. The fraction of sp³-hybridized carbons (Fsp3) is 0.621. The van der Waals surface area contributed by atoms with E-state index in [-0.39, 0.29) is 27.3 Å². The first-order chi connectivity index (χ1) is 15.3. The number of aromatic nitrogens is 3. The van der Waals surface area contributed by atoms with Crippen molar-refractivity contribution in [2.75, 3.05) is 0 Å². The van der Waals surface area contributed by atoms with Gasteiger partial charge in [-0.25, -0.2) is 9.20 Å². The first kappa shape index (κ1) is 22.6. The Hall–Kier alpha value is -2.23. The lowest BCUT2D eigenvalue weighted by Gasteiger charge is -2.35. The lowest BCUT2D eigenvalue weighted by Crippen LogP contribution is -2.52. The minimum absolute atomic E-state index is 0.0601. The molecule has 1 aliphatic carbocycles. The van der Waals surface area contributed by atoms with Crippen molar-refractivity contribution >= 4 is 16.4 Å². The highest BCUT2D eigenvalue weighted by atomic mass is 16.1. The molecule has 5 rings (SSSR count). The third-order valence-corrected chi connectivity index (χ3v) is 8.44. The molecule has 2 aliphatic rings. The molecule has 3 aromatic heterocycles. The standard InChI is InChI=1S/C29H40N3O/c1-10-29(11-2)14-18-16-30-20(15-26(3,4)5)19-12-13-31-23-22(27(6,7)17-28(23,8)9)25(33)32(29)24(31)21(18)19/h12-13,16H,10-11,14-15,17H2,1-9H3/q+1. The summed E-state index contributed by atoms with van der Waals surface area (Å²) in [5.41, 5.74) is 5.71. The van der Waals surface area contributed by atoms with E-state index in [2.05, 4.69) is 89.7 Å². The van der Waals surface area contributed by atoms with E-state index < -0.39 is 0 Å². The molecule has 0 amide bonds. The predicted molar refractivity (Wildman–Crippen MR) is 135 cm³/mol. The van der Waals surface area contributed by atoms with Gasteiger partial charge in [-0.05, 0) is 42.7 Å². The van der Waals surface area contributed by atoms with Crippen LogP contribution in [0.4, 0.5) is 0 Å². The Morgan fingerprint density at radius 2 is 1.76 bits per heavy atom. The molecule has 0 unspecified atom stereocenters. The van der Waals surface area contributed by atoms with Crippen LogP contribution in [0, 0.1) is 5.41 Å². The van der Waals surface area contributed by atoms with Gasteiger partial charge in [0.05, 0.1) is 17.1 Å². The van der Waals surface area contributed by atoms with Crippen molar-refractivity contribution in [2.45, 2.75) is 111 Å². The Morgan fingerprint density at radius 3 is 2.36 bits per heavy atom. The topological polar surface area (TPSA) is 39.0 Å². The van der Waals surface area contributed by atoms with Crippen LogP contribution in [0.2, 0.25) is 0 Å². The van der Waals surface area contributed by atoms with Gasteiger partial charge in [0.25, 0.3) is 5.65 Å². The van der Waals surface area contributed by atoms with Gasteiger partial charge >= 0.3 is 5.56 Å². The van der Waals surface area contributed by atoms with Gasteiger partial charge in [0.2, 0.25) is 0 Å². The molecule has 0 radical (unpaired) electrons. The predicted octanol–water partition coefficient (Wildman–Crippen LogP) is 5.75. The maximum absolute atomic E-state index is 14.5. The summed E-state index contributed by atoms with van der Waals surface area (Å²) in [6.45, 7) is 20.4. The monoisotopic (exact) mass is 446 g/mol. The largest absolute Gasteiger partial charge is 0.342 e. The van der Waals surface area contributed by atoms with Gasteiger partial charge in [0.1, 0.15) is 11.2 Å². The number of hydrogen-bond donors (Lipinski definition) is 0. The van der Waals surface area contributed by atoms with Gasteiger partial charge < -0.3 is 0 Å². The number of rotatable bonds is 3. The van der Waals surface area contributed by atoms with E-state index in [9.17, 15) is 4.79 Å². The lowest BCUT2D eigenvalue weighted by molar-refractivity contribution is -0.530. The highest BCUT2D eigenvalue weighted by Gasteiger charge is 2.53. The summed E-state index contributed by atoms with van der Waals surface area (Å²) < 4.78 is 4.60.